The topological polar surface area (TPSA) is 98.2 Å². The number of carboxylic acid groups (broad SMARTS) is 1. The van der Waals surface area contributed by atoms with E-state index in [1.165, 1.54) is 12.1 Å². The molecule has 1 N–H and O–H groups in total. The van der Waals surface area contributed by atoms with Gasteiger partial charge in [0.2, 0.25) is 0 Å². The molecule has 3 aliphatic heterocycles. The van der Waals surface area contributed by atoms with Crippen molar-refractivity contribution < 1.29 is 24.3 Å². The average molecular weight is 778 g/mol. The largest absolute Gasteiger partial charge is 0.478 e. The third kappa shape index (κ3) is 8.71. The number of Topliss-reactive ketones (excluding diaryl/α,β-unsaturated/α-hetero) is 3. The van der Waals surface area contributed by atoms with Gasteiger partial charge in [0.25, 0.3) is 0 Å². The highest BCUT2D eigenvalue weighted by Gasteiger charge is 2.52. The van der Waals surface area contributed by atoms with Crippen LogP contribution in [0, 0.1) is 22.2 Å². The first-order valence-electron chi connectivity index (χ1n) is 20.5. The second-order valence-corrected chi connectivity index (χ2v) is 21.5. The number of ketones is 3. The Balaban J connectivity index is 1.51. The van der Waals surface area contributed by atoms with Gasteiger partial charge in [-0.15, -0.1) is 0 Å². The maximum absolute atomic E-state index is 14.8. The summed E-state index contributed by atoms with van der Waals surface area (Å²) in [6, 6.07) is 13.4. The van der Waals surface area contributed by atoms with E-state index in [2.05, 4.69) is 125 Å². The van der Waals surface area contributed by atoms with Crippen molar-refractivity contribution in [1.82, 2.24) is 14.7 Å². The van der Waals surface area contributed by atoms with Crippen LogP contribution in [0.2, 0.25) is 0 Å². The van der Waals surface area contributed by atoms with Crippen LogP contribution in [0.1, 0.15) is 158 Å². The molecule has 0 fully saturated rings. The highest BCUT2D eigenvalue weighted by molar-refractivity contribution is 6.12. The van der Waals surface area contributed by atoms with Crippen LogP contribution >= 0.6 is 0 Å². The lowest BCUT2D eigenvalue weighted by molar-refractivity contribution is -0.00844. The fourth-order valence-corrected chi connectivity index (χ4v) is 8.80. The van der Waals surface area contributed by atoms with Gasteiger partial charge in [0, 0.05) is 99.1 Å². The molecule has 0 spiro atoms. The standard InChI is InChI=1S/C49H67N3O5/c1-44(2,3)50-25-24-47(10,11)36(28-50)40(53)31-16-18-33(19-17-31)42(55)38-29-51(45(4,5)6)27-35(49(38,14)15)39-26-48(12,13)37(30-52(39)46(7,8)9)41(54)32-20-22-34(23-21-32)43(56)57/h16-23,28-30,35,39H,24-27H2,1-15H3,(H,56,57). The number of aromatic carboxylic acids is 1. The number of carboxylic acids is 1. The molecule has 0 aliphatic carbocycles. The SMILES string of the molecule is CC1(C)CCN(C(C)(C)C)C=C1C(=O)c1ccc(C(=O)C2=CN(C(C)(C)C)CC(C3CC(C)(C)C(C(=O)c4ccc(C(=O)O)cc4)=CN3C(C)(C)C)C2(C)C)cc1. The van der Waals surface area contributed by atoms with Crippen molar-refractivity contribution in [1.29, 1.82) is 0 Å². The first-order valence-corrected chi connectivity index (χ1v) is 20.5. The van der Waals surface area contributed by atoms with Gasteiger partial charge in [0.15, 0.2) is 17.3 Å². The summed E-state index contributed by atoms with van der Waals surface area (Å²) in [5.74, 6) is -1.21. The first kappa shape index (κ1) is 43.7. The Hall–Kier alpha value is -4.46. The molecule has 0 amide bonds. The first-order chi connectivity index (χ1) is 26.0. The molecule has 3 heterocycles. The van der Waals surface area contributed by atoms with Gasteiger partial charge in [-0.05, 0) is 98.1 Å². The number of hydrogen-bond acceptors (Lipinski definition) is 7. The molecule has 2 aromatic carbocycles. The van der Waals surface area contributed by atoms with Crippen LogP contribution < -0.4 is 0 Å². The van der Waals surface area contributed by atoms with Gasteiger partial charge >= 0.3 is 5.97 Å². The molecule has 0 radical (unpaired) electrons. The Morgan fingerprint density at radius 1 is 0.561 bits per heavy atom. The molecule has 0 bridgehead atoms. The van der Waals surface area contributed by atoms with E-state index in [1.807, 2.05) is 24.5 Å². The van der Waals surface area contributed by atoms with Crippen molar-refractivity contribution in [3.63, 3.8) is 0 Å². The maximum Gasteiger partial charge on any atom is 0.335 e. The zero-order valence-electron chi connectivity index (χ0n) is 37.3. The fraction of sp³-hybridized carbons (Fsp3) is 0.551. The molecule has 2 unspecified atom stereocenters. The number of rotatable bonds is 8. The summed E-state index contributed by atoms with van der Waals surface area (Å²) in [4.78, 5) is 61.4. The summed E-state index contributed by atoms with van der Waals surface area (Å²) in [6.45, 7) is 33.9. The van der Waals surface area contributed by atoms with Crippen LogP contribution in [0.25, 0.3) is 0 Å². The predicted molar refractivity (Wildman–Crippen MR) is 229 cm³/mol. The fourth-order valence-electron chi connectivity index (χ4n) is 8.80. The zero-order valence-corrected chi connectivity index (χ0v) is 37.3. The van der Waals surface area contributed by atoms with Crippen LogP contribution in [0.15, 0.2) is 83.9 Å². The van der Waals surface area contributed by atoms with E-state index < -0.39 is 16.8 Å². The Kier molecular flexibility index (Phi) is 11.3. The molecule has 3 aliphatic rings. The van der Waals surface area contributed by atoms with E-state index in [1.54, 1.807) is 24.3 Å². The minimum absolute atomic E-state index is 0.00509. The van der Waals surface area contributed by atoms with Crippen molar-refractivity contribution >= 4 is 23.3 Å². The van der Waals surface area contributed by atoms with Gasteiger partial charge in [0.1, 0.15) is 0 Å². The Bertz CT molecular complexity index is 2010. The highest BCUT2D eigenvalue weighted by Crippen LogP contribution is 2.51. The summed E-state index contributed by atoms with van der Waals surface area (Å²) in [6.07, 6.45) is 7.71. The second kappa shape index (κ2) is 14.7. The molecule has 57 heavy (non-hydrogen) atoms. The van der Waals surface area contributed by atoms with Crippen molar-refractivity contribution in [2.75, 3.05) is 13.1 Å². The second-order valence-electron chi connectivity index (χ2n) is 21.5. The van der Waals surface area contributed by atoms with Gasteiger partial charge in [0.05, 0.1) is 5.56 Å². The lowest BCUT2D eigenvalue weighted by Gasteiger charge is -2.57. The summed E-state index contributed by atoms with van der Waals surface area (Å²) >= 11 is 0. The summed E-state index contributed by atoms with van der Waals surface area (Å²) in [7, 11) is 0. The molecule has 8 nitrogen and oxygen atoms in total. The van der Waals surface area contributed by atoms with E-state index in [0.717, 1.165) is 30.7 Å². The lowest BCUT2D eigenvalue weighted by atomic mass is 9.61. The van der Waals surface area contributed by atoms with Crippen molar-refractivity contribution in [3.8, 4) is 0 Å². The third-order valence-electron chi connectivity index (χ3n) is 12.9. The quantitative estimate of drug-likeness (QED) is 0.265. The van der Waals surface area contributed by atoms with Crippen molar-refractivity contribution in [2.24, 2.45) is 22.2 Å². The molecule has 5 rings (SSSR count). The van der Waals surface area contributed by atoms with Gasteiger partial charge in [-0.2, -0.15) is 0 Å². The van der Waals surface area contributed by atoms with Crippen molar-refractivity contribution in [3.05, 3.63) is 106 Å². The van der Waals surface area contributed by atoms with E-state index in [9.17, 15) is 24.3 Å². The molecule has 0 saturated carbocycles. The van der Waals surface area contributed by atoms with Crippen LogP contribution in [-0.4, -0.2) is 78.9 Å². The maximum atomic E-state index is 14.8. The Labute approximate surface area is 342 Å². The molecule has 0 aromatic heterocycles. The molecule has 2 aromatic rings. The number of carbonyl (C=O) groups excluding carboxylic acids is 3. The van der Waals surface area contributed by atoms with Crippen LogP contribution in [0.5, 0.6) is 0 Å². The van der Waals surface area contributed by atoms with E-state index >= 15 is 0 Å². The van der Waals surface area contributed by atoms with Gasteiger partial charge in [-0.1, -0.05) is 77.9 Å². The number of benzene rings is 2. The minimum atomic E-state index is -1.03. The Morgan fingerprint density at radius 2 is 0.965 bits per heavy atom. The average Bonchev–Trinajstić information content (AvgIpc) is 3.08. The number of carbonyl (C=O) groups is 4. The molecule has 8 heteroatoms. The molecular formula is C49H67N3O5. The van der Waals surface area contributed by atoms with Crippen molar-refractivity contribution in [2.45, 2.75) is 139 Å². The van der Waals surface area contributed by atoms with E-state index in [0.29, 0.717) is 28.7 Å². The normalized spacial score (nSPS) is 22.3. The van der Waals surface area contributed by atoms with Gasteiger partial charge in [-0.25, -0.2) is 4.79 Å². The van der Waals surface area contributed by atoms with Gasteiger partial charge in [-0.3, -0.25) is 14.4 Å². The summed E-state index contributed by atoms with van der Waals surface area (Å²) < 4.78 is 0. The smallest absolute Gasteiger partial charge is 0.335 e. The number of nitrogens with zero attached hydrogens (tertiary/aromatic N) is 3. The molecule has 0 saturated heterocycles. The zero-order chi connectivity index (χ0) is 42.8. The summed E-state index contributed by atoms with van der Waals surface area (Å²) in [5.41, 5.74) is 1.84. The van der Waals surface area contributed by atoms with Crippen LogP contribution in [0.3, 0.4) is 0 Å². The molecule has 308 valence electrons. The molecule has 2 atom stereocenters. The van der Waals surface area contributed by atoms with E-state index in [-0.39, 0.29) is 56.9 Å². The third-order valence-corrected chi connectivity index (χ3v) is 12.9. The summed E-state index contributed by atoms with van der Waals surface area (Å²) in [5, 5.41) is 9.42. The van der Waals surface area contributed by atoms with Crippen LogP contribution in [0.4, 0.5) is 0 Å². The monoisotopic (exact) mass is 778 g/mol. The number of hydrogen-bond donors (Lipinski definition) is 1. The Morgan fingerprint density at radius 3 is 1.39 bits per heavy atom. The highest BCUT2D eigenvalue weighted by atomic mass is 16.4. The van der Waals surface area contributed by atoms with E-state index in [4.69, 9.17) is 0 Å². The molecular weight excluding hydrogens is 711 g/mol. The minimum Gasteiger partial charge on any atom is -0.478 e. The lowest BCUT2D eigenvalue weighted by Crippen LogP contribution is -2.60. The van der Waals surface area contributed by atoms with Crippen LogP contribution in [-0.2, 0) is 0 Å². The van der Waals surface area contributed by atoms with Gasteiger partial charge < -0.3 is 19.8 Å². The predicted octanol–water partition coefficient (Wildman–Crippen LogP) is 10.5. The number of allylic oxidation sites excluding steroid dienone is 3.